The van der Waals surface area contributed by atoms with E-state index in [2.05, 4.69) is 33.1 Å². The molecule has 1 fully saturated rings. The minimum absolute atomic E-state index is 0.0805. The van der Waals surface area contributed by atoms with Crippen LogP contribution in [-0.2, 0) is 0 Å². The van der Waals surface area contributed by atoms with Gasteiger partial charge in [-0.15, -0.1) is 0 Å². The van der Waals surface area contributed by atoms with E-state index in [1.807, 2.05) is 0 Å². The van der Waals surface area contributed by atoms with Gasteiger partial charge in [-0.05, 0) is 18.6 Å². The van der Waals surface area contributed by atoms with Gasteiger partial charge in [0, 0.05) is 24.4 Å². The largest absolute Gasteiger partial charge is 0.432 e. The Morgan fingerprint density at radius 3 is 3.10 bits per heavy atom. The van der Waals surface area contributed by atoms with Crippen molar-refractivity contribution in [2.45, 2.75) is 18.5 Å². The predicted octanol–water partition coefficient (Wildman–Crippen LogP) is 1.09. The van der Waals surface area contributed by atoms with E-state index in [9.17, 15) is 10.1 Å². The molecule has 1 amide bonds. The van der Waals surface area contributed by atoms with Crippen LogP contribution in [0, 0.1) is 28.2 Å². The Labute approximate surface area is 167 Å². The molecule has 1 aromatic carbocycles. The summed E-state index contributed by atoms with van der Waals surface area (Å²) in [5, 5.41) is 31.8. The van der Waals surface area contributed by atoms with E-state index < -0.39 is 5.91 Å². The maximum atomic E-state index is 12.5. The van der Waals surface area contributed by atoms with Gasteiger partial charge in [0.1, 0.15) is 0 Å². The number of hydrogen-bond donors (Lipinski definition) is 3. The summed E-state index contributed by atoms with van der Waals surface area (Å²) in [4.78, 5) is 18.1. The molecule has 1 aliphatic heterocycles. The van der Waals surface area contributed by atoms with Crippen molar-refractivity contribution in [2.75, 3.05) is 13.1 Å². The maximum absolute atomic E-state index is 12.5. The molecule has 10 heteroatoms. The fourth-order valence-corrected chi connectivity index (χ4v) is 3.09. The van der Waals surface area contributed by atoms with Crippen molar-refractivity contribution in [3.8, 4) is 23.6 Å². The number of oxazole rings is 1. The zero-order chi connectivity index (χ0) is 20.6. The highest BCUT2D eigenvalue weighted by Gasteiger charge is 2.33. The first-order valence-electron chi connectivity index (χ1n) is 8.83. The second kappa shape index (κ2) is 9.15. The van der Waals surface area contributed by atoms with E-state index in [-0.39, 0.29) is 18.0 Å². The number of amides is 1. The predicted molar refractivity (Wildman–Crippen MR) is 104 cm³/mol. The Kier molecular flexibility index (Phi) is 6.18. The quantitative estimate of drug-likeness (QED) is 0.363. The van der Waals surface area contributed by atoms with Crippen molar-refractivity contribution in [1.82, 2.24) is 20.6 Å². The van der Waals surface area contributed by atoms with E-state index in [0.29, 0.717) is 36.4 Å². The molecule has 1 saturated heterocycles. The second-order valence-electron chi connectivity index (χ2n) is 6.34. The number of hydrazone groups is 1. The topological polar surface area (TPSA) is 154 Å². The van der Waals surface area contributed by atoms with Crippen LogP contribution in [0.25, 0.3) is 11.3 Å². The SMILES string of the molecule is N#Cc1cccc(-c2cnc(C(=O)N[C@@H]3C[C@@H](CN/N=C\C=N)N(C#N)C3)o2)c1. The van der Waals surface area contributed by atoms with Crippen molar-refractivity contribution in [3.05, 3.63) is 41.9 Å². The van der Waals surface area contributed by atoms with Crippen LogP contribution < -0.4 is 10.7 Å². The third-order valence-electron chi connectivity index (χ3n) is 4.42. The number of rotatable bonds is 7. The number of nitrogens with one attached hydrogen (secondary N) is 3. The van der Waals surface area contributed by atoms with Crippen LogP contribution in [0.15, 0.2) is 40.0 Å². The van der Waals surface area contributed by atoms with E-state index in [1.165, 1.54) is 12.4 Å². The Morgan fingerprint density at radius 2 is 2.34 bits per heavy atom. The lowest BCUT2D eigenvalue weighted by molar-refractivity contribution is 0.0904. The van der Waals surface area contributed by atoms with Gasteiger partial charge >= 0.3 is 5.91 Å². The summed E-state index contributed by atoms with van der Waals surface area (Å²) in [7, 11) is 0. The summed E-state index contributed by atoms with van der Waals surface area (Å²) in [5.74, 6) is -0.155. The summed E-state index contributed by atoms with van der Waals surface area (Å²) >= 11 is 0. The number of likely N-dealkylation sites (tertiary alicyclic amines) is 1. The van der Waals surface area contributed by atoms with Crippen LogP contribution >= 0.6 is 0 Å². The number of nitriles is 2. The fourth-order valence-electron chi connectivity index (χ4n) is 3.09. The lowest BCUT2D eigenvalue weighted by atomic mass is 10.1. The molecule has 1 aromatic heterocycles. The number of benzene rings is 1. The third kappa shape index (κ3) is 4.76. The van der Waals surface area contributed by atoms with Crippen LogP contribution in [-0.4, -0.2) is 53.4 Å². The Bertz CT molecular complexity index is 1000. The van der Waals surface area contributed by atoms with Gasteiger partial charge in [-0.2, -0.15) is 15.6 Å². The molecule has 0 radical (unpaired) electrons. The number of hydrogen-bond acceptors (Lipinski definition) is 9. The van der Waals surface area contributed by atoms with E-state index >= 15 is 0 Å². The molecule has 29 heavy (non-hydrogen) atoms. The summed E-state index contributed by atoms with van der Waals surface area (Å²) in [5.41, 5.74) is 3.93. The van der Waals surface area contributed by atoms with Crippen LogP contribution in [0.5, 0.6) is 0 Å². The molecule has 0 saturated carbocycles. The first kappa shape index (κ1) is 19.6. The molecular weight excluding hydrogens is 372 g/mol. The summed E-state index contributed by atoms with van der Waals surface area (Å²) in [6.45, 7) is 0.795. The van der Waals surface area contributed by atoms with Gasteiger partial charge in [0.15, 0.2) is 12.0 Å². The average molecular weight is 390 g/mol. The van der Waals surface area contributed by atoms with Crippen LogP contribution in [0.1, 0.15) is 22.7 Å². The molecule has 2 atom stereocenters. The molecule has 0 aliphatic carbocycles. The molecule has 3 N–H and O–H groups in total. The van der Waals surface area contributed by atoms with Gasteiger partial charge in [-0.3, -0.25) is 4.79 Å². The number of aromatic nitrogens is 1. The van der Waals surface area contributed by atoms with Crippen molar-refractivity contribution >= 4 is 18.3 Å². The van der Waals surface area contributed by atoms with Crippen LogP contribution in [0.4, 0.5) is 0 Å². The summed E-state index contributed by atoms with van der Waals surface area (Å²) in [6, 6.07) is 8.52. The minimum atomic E-state index is -0.467. The van der Waals surface area contributed by atoms with Gasteiger partial charge < -0.3 is 25.5 Å². The molecule has 10 nitrogen and oxygen atoms in total. The lowest BCUT2D eigenvalue weighted by Crippen LogP contribution is -2.36. The zero-order valence-electron chi connectivity index (χ0n) is 15.4. The monoisotopic (exact) mass is 390 g/mol. The van der Waals surface area contributed by atoms with Gasteiger partial charge in [-0.1, -0.05) is 12.1 Å². The number of nitrogens with zero attached hydrogens (tertiary/aromatic N) is 5. The number of carbonyl (C=O) groups is 1. The molecule has 3 rings (SSSR count). The highest BCUT2D eigenvalue weighted by atomic mass is 16.4. The summed E-state index contributed by atoms with van der Waals surface area (Å²) < 4.78 is 5.55. The fraction of sp³-hybridized carbons (Fsp3) is 0.263. The van der Waals surface area contributed by atoms with Gasteiger partial charge in [0.25, 0.3) is 5.89 Å². The maximum Gasteiger partial charge on any atom is 0.307 e. The zero-order valence-corrected chi connectivity index (χ0v) is 15.4. The molecule has 2 heterocycles. The van der Waals surface area contributed by atoms with E-state index in [0.717, 1.165) is 6.21 Å². The third-order valence-corrected chi connectivity index (χ3v) is 4.42. The molecule has 146 valence electrons. The Hall–Kier alpha value is -4.18. The molecule has 0 bridgehead atoms. The molecular formula is C19H18N8O2. The highest BCUT2D eigenvalue weighted by molar-refractivity contribution is 6.14. The van der Waals surface area contributed by atoms with Gasteiger partial charge in [0.05, 0.1) is 36.6 Å². The summed E-state index contributed by atoms with van der Waals surface area (Å²) in [6.07, 6.45) is 6.47. The lowest BCUT2D eigenvalue weighted by Gasteiger charge is -2.16. The number of carbonyl (C=O) groups excluding carboxylic acids is 1. The molecule has 1 aliphatic rings. The molecule has 2 aromatic rings. The molecule has 0 unspecified atom stereocenters. The second-order valence-corrected chi connectivity index (χ2v) is 6.34. The Morgan fingerprint density at radius 1 is 1.48 bits per heavy atom. The van der Waals surface area contributed by atoms with Crippen molar-refractivity contribution in [2.24, 2.45) is 5.10 Å². The van der Waals surface area contributed by atoms with Gasteiger partial charge in [-0.25, -0.2) is 4.98 Å². The first-order valence-corrected chi connectivity index (χ1v) is 8.83. The molecule has 0 spiro atoms. The smallest absolute Gasteiger partial charge is 0.307 e. The van der Waals surface area contributed by atoms with Crippen molar-refractivity contribution in [3.63, 3.8) is 0 Å². The van der Waals surface area contributed by atoms with Crippen molar-refractivity contribution < 1.29 is 9.21 Å². The van der Waals surface area contributed by atoms with E-state index in [1.54, 1.807) is 29.2 Å². The van der Waals surface area contributed by atoms with Crippen LogP contribution in [0.3, 0.4) is 0 Å². The Balaban J connectivity index is 1.61. The standard InChI is InChI=1S/C19H18N8O2/c20-4-5-24-25-9-16-7-15(11-27(16)12-22)26-18(28)19-23-10-17(29-19)14-3-1-2-13(6-14)8-21/h1-6,10,15-16,20,25H,7,9,11H2,(H,26,28)/b20-4?,24-5-/t15-,16+/m1/s1. The minimum Gasteiger partial charge on any atom is -0.432 e. The van der Waals surface area contributed by atoms with Crippen LogP contribution in [0.2, 0.25) is 0 Å². The average Bonchev–Trinajstić information content (AvgIpc) is 3.38. The van der Waals surface area contributed by atoms with Gasteiger partial charge in [0.2, 0.25) is 0 Å². The van der Waals surface area contributed by atoms with E-state index in [4.69, 9.17) is 15.1 Å². The first-order chi connectivity index (χ1) is 14.1. The van der Waals surface area contributed by atoms with Crippen molar-refractivity contribution in [1.29, 1.82) is 15.9 Å². The highest BCUT2D eigenvalue weighted by Crippen LogP contribution is 2.22. The normalized spacial score (nSPS) is 18.2.